The van der Waals surface area contributed by atoms with Crippen molar-refractivity contribution in [1.82, 2.24) is 4.90 Å². The third-order valence-corrected chi connectivity index (χ3v) is 3.31. The van der Waals surface area contributed by atoms with E-state index >= 15 is 0 Å². The summed E-state index contributed by atoms with van der Waals surface area (Å²) in [4.78, 5) is 2.30. The van der Waals surface area contributed by atoms with Gasteiger partial charge >= 0.3 is 0 Å². The number of likely N-dealkylation sites (tertiary alicyclic amines) is 1. The molecule has 1 rings (SSSR count). The molecular weight excluding hydrogens is 192 g/mol. The Bertz CT molecular complexity index is 178. The maximum Gasteiger partial charge on any atom is 0.0664 e. The maximum absolute atomic E-state index is 9.63. The quantitative estimate of drug-likeness (QED) is 0.689. The highest BCUT2D eigenvalue weighted by atomic mass is 16.5. The van der Waals surface area contributed by atoms with Gasteiger partial charge in [-0.25, -0.2) is 0 Å². The molecule has 1 aliphatic rings. The molecule has 0 bridgehead atoms. The van der Waals surface area contributed by atoms with E-state index in [2.05, 4.69) is 4.90 Å². The Kier molecular flexibility index (Phi) is 5.53. The van der Waals surface area contributed by atoms with Gasteiger partial charge < -0.3 is 15.6 Å². The molecule has 4 nitrogen and oxygen atoms in total. The Morgan fingerprint density at radius 3 is 2.87 bits per heavy atom. The van der Waals surface area contributed by atoms with E-state index in [-0.39, 0.29) is 6.10 Å². The minimum absolute atomic E-state index is 0.224. The molecule has 1 heterocycles. The number of ether oxygens (including phenoxy) is 1. The van der Waals surface area contributed by atoms with Crippen LogP contribution in [0.1, 0.15) is 26.2 Å². The molecule has 3 N–H and O–H groups in total. The van der Waals surface area contributed by atoms with Gasteiger partial charge in [0.25, 0.3) is 0 Å². The van der Waals surface area contributed by atoms with Gasteiger partial charge in [-0.1, -0.05) is 6.92 Å². The number of aliphatic hydroxyl groups excluding tert-OH is 1. The van der Waals surface area contributed by atoms with Crippen molar-refractivity contribution < 1.29 is 9.84 Å². The van der Waals surface area contributed by atoms with Crippen LogP contribution in [0.3, 0.4) is 0 Å². The summed E-state index contributed by atoms with van der Waals surface area (Å²) in [6.07, 6.45) is 2.96. The fraction of sp³-hybridized carbons (Fsp3) is 1.00. The first kappa shape index (κ1) is 12.9. The molecular formula is C11H24N2O2. The molecule has 0 aromatic rings. The van der Waals surface area contributed by atoms with Crippen LogP contribution >= 0.6 is 0 Å². The van der Waals surface area contributed by atoms with Gasteiger partial charge in [-0.15, -0.1) is 0 Å². The summed E-state index contributed by atoms with van der Waals surface area (Å²) in [7, 11) is 1.76. The van der Waals surface area contributed by atoms with E-state index < -0.39 is 0 Å². The first-order chi connectivity index (χ1) is 7.21. The van der Waals surface area contributed by atoms with Crippen LogP contribution in [0, 0.1) is 0 Å². The normalized spacial score (nSPS) is 30.4. The SMILES string of the molecule is CCC(O)CN1CCC(OC)CC1CN. The lowest BCUT2D eigenvalue weighted by molar-refractivity contribution is -0.00447. The van der Waals surface area contributed by atoms with Crippen molar-refractivity contribution in [2.45, 2.75) is 44.4 Å². The van der Waals surface area contributed by atoms with Crippen LogP contribution < -0.4 is 5.73 Å². The van der Waals surface area contributed by atoms with Crippen molar-refractivity contribution in [3.63, 3.8) is 0 Å². The van der Waals surface area contributed by atoms with Gasteiger partial charge in [-0.2, -0.15) is 0 Å². The minimum atomic E-state index is -0.224. The predicted molar refractivity (Wildman–Crippen MR) is 60.7 cm³/mol. The van der Waals surface area contributed by atoms with Gasteiger partial charge in [0.15, 0.2) is 0 Å². The maximum atomic E-state index is 9.63. The highest BCUT2D eigenvalue weighted by molar-refractivity contribution is 4.83. The van der Waals surface area contributed by atoms with E-state index in [1.807, 2.05) is 6.92 Å². The van der Waals surface area contributed by atoms with E-state index in [4.69, 9.17) is 10.5 Å². The fourth-order valence-electron chi connectivity index (χ4n) is 2.16. The Morgan fingerprint density at radius 2 is 2.33 bits per heavy atom. The number of methoxy groups -OCH3 is 1. The van der Waals surface area contributed by atoms with Crippen LogP contribution in [0.4, 0.5) is 0 Å². The minimum Gasteiger partial charge on any atom is -0.392 e. The third kappa shape index (κ3) is 3.72. The average Bonchev–Trinajstić information content (AvgIpc) is 2.29. The summed E-state index contributed by atoms with van der Waals surface area (Å²) in [5, 5.41) is 9.63. The second-order valence-electron chi connectivity index (χ2n) is 4.33. The topological polar surface area (TPSA) is 58.7 Å². The molecule has 0 radical (unpaired) electrons. The summed E-state index contributed by atoms with van der Waals surface area (Å²) in [5.74, 6) is 0. The van der Waals surface area contributed by atoms with E-state index in [1.165, 1.54) is 0 Å². The van der Waals surface area contributed by atoms with Gasteiger partial charge in [0.05, 0.1) is 12.2 Å². The molecule has 4 heteroatoms. The second kappa shape index (κ2) is 6.43. The summed E-state index contributed by atoms with van der Waals surface area (Å²) in [6, 6.07) is 0.366. The number of hydrogen-bond donors (Lipinski definition) is 2. The lowest BCUT2D eigenvalue weighted by atomic mass is 9.98. The molecule has 3 atom stereocenters. The molecule has 1 saturated heterocycles. The molecule has 0 aliphatic carbocycles. The van der Waals surface area contributed by atoms with Crippen LogP contribution in [-0.2, 0) is 4.74 Å². The molecule has 15 heavy (non-hydrogen) atoms. The Morgan fingerprint density at radius 1 is 1.60 bits per heavy atom. The number of nitrogens with zero attached hydrogens (tertiary/aromatic N) is 1. The zero-order chi connectivity index (χ0) is 11.3. The van der Waals surface area contributed by atoms with Gasteiger partial charge in [0.2, 0.25) is 0 Å². The predicted octanol–water partition coefficient (Wildman–Crippen LogP) is 0.195. The molecule has 1 aliphatic heterocycles. The lowest BCUT2D eigenvalue weighted by Crippen LogP contribution is -2.50. The van der Waals surface area contributed by atoms with Gasteiger partial charge in [-0.05, 0) is 19.3 Å². The third-order valence-electron chi connectivity index (χ3n) is 3.31. The highest BCUT2D eigenvalue weighted by Gasteiger charge is 2.28. The van der Waals surface area contributed by atoms with Gasteiger partial charge in [0.1, 0.15) is 0 Å². The number of piperidine rings is 1. The average molecular weight is 216 g/mol. The van der Waals surface area contributed by atoms with E-state index in [1.54, 1.807) is 7.11 Å². The number of nitrogens with two attached hydrogens (primary N) is 1. The smallest absolute Gasteiger partial charge is 0.0664 e. The zero-order valence-electron chi connectivity index (χ0n) is 9.85. The highest BCUT2D eigenvalue weighted by Crippen LogP contribution is 2.19. The largest absolute Gasteiger partial charge is 0.392 e. The van der Waals surface area contributed by atoms with E-state index in [0.29, 0.717) is 18.7 Å². The van der Waals surface area contributed by atoms with Crippen LogP contribution in [0.25, 0.3) is 0 Å². The molecule has 0 aromatic heterocycles. The second-order valence-corrected chi connectivity index (χ2v) is 4.33. The molecule has 0 spiro atoms. The van der Waals surface area contributed by atoms with Crippen molar-refractivity contribution in [1.29, 1.82) is 0 Å². The molecule has 3 unspecified atom stereocenters. The van der Waals surface area contributed by atoms with E-state index in [0.717, 1.165) is 32.4 Å². The summed E-state index contributed by atoms with van der Waals surface area (Å²) in [5.41, 5.74) is 5.75. The Balaban J connectivity index is 2.43. The van der Waals surface area contributed by atoms with Crippen LogP contribution in [-0.4, -0.2) is 55.0 Å². The van der Waals surface area contributed by atoms with Crippen molar-refractivity contribution >= 4 is 0 Å². The fourth-order valence-corrected chi connectivity index (χ4v) is 2.16. The van der Waals surface area contributed by atoms with E-state index in [9.17, 15) is 5.11 Å². The van der Waals surface area contributed by atoms with Crippen molar-refractivity contribution in [2.24, 2.45) is 5.73 Å². The van der Waals surface area contributed by atoms with Crippen molar-refractivity contribution in [3.05, 3.63) is 0 Å². The lowest BCUT2D eigenvalue weighted by Gasteiger charge is -2.39. The van der Waals surface area contributed by atoms with Crippen molar-refractivity contribution in [2.75, 3.05) is 26.7 Å². The van der Waals surface area contributed by atoms with Crippen LogP contribution in [0.15, 0.2) is 0 Å². The Labute approximate surface area is 92.4 Å². The monoisotopic (exact) mass is 216 g/mol. The first-order valence-electron chi connectivity index (χ1n) is 5.86. The Hall–Kier alpha value is -0.160. The summed E-state index contributed by atoms with van der Waals surface area (Å²) in [6.45, 7) is 4.38. The van der Waals surface area contributed by atoms with Crippen molar-refractivity contribution in [3.8, 4) is 0 Å². The molecule has 0 saturated carbocycles. The molecule has 1 fully saturated rings. The number of aliphatic hydroxyl groups is 1. The first-order valence-corrected chi connectivity index (χ1v) is 5.86. The summed E-state index contributed by atoms with van der Waals surface area (Å²) < 4.78 is 5.36. The molecule has 90 valence electrons. The number of β-amino-alcohol motifs (C(OH)–C–C–N with tert-alkyl or cyclic N) is 1. The van der Waals surface area contributed by atoms with Gasteiger partial charge in [0, 0.05) is 32.8 Å². The van der Waals surface area contributed by atoms with Crippen LogP contribution in [0.2, 0.25) is 0 Å². The number of hydrogen-bond acceptors (Lipinski definition) is 4. The molecule has 0 aromatic carbocycles. The zero-order valence-corrected chi connectivity index (χ0v) is 9.85. The van der Waals surface area contributed by atoms with Gasteiger partial charge in [-0.3, -0.25) is 4.90 Å². The molecule has 0 amide bonds. The number of rotatable bonds is 5. The summed E-state index contributed by atoms with van der Waals surface area (Å²) >= 11 is 0. The van der Waals surface area contributed by atoms with Crippen LogP contribution in [0.5, 0.6) is 0 Å². The standard InChI is InChI=1S/C11H24N2O2/c1-3-10(14)8-13-5-4-11(15-2)6-9(13)7-12/h9-11,14H,3-8,12H2,1-2H3.